The van der Waals surface area contributed by atoms with E-state index in [1.165, 1.54) is 0 Å². The summed E-state index contributed by atoms with van der Waals surface area (Å²) < 4.78 is 5.19. The van der Waals surface area contributed by atoms with Gasteiger partial charge in [-0.1, -0.05) is 24.3 Å². The third kappa shape index (κ3) is 6.93. The van der Waals surface area contributed by atoms with E-state index >= 15 is 0 Å². The van der Waals surface area contributed by atoms with Crippen LogP contribution in [0.3, 0.4) is 0 Å². The molecule has 0 bridgehead atoms. The van der Waals surface area contributed by atoms with Crippen molar-refractivity contribution in [3.8, 4) is 0 Å². The third-order valence-electron chi connectivity index (χ3n) is 1.24. The molecule has 0 aromatic rings. The molecule has 0 aliphatic carbocycles. The molecule has 1 N–H and O–H groups in total. The molecule has 0 aliphatic rings. The zero-order chi connectivity index (χ0) is 9.40. The van der Waals surface area contributed by atoms with Crippen LogP contribution in [0.5, 0.6) is 0 Å². The molecule has 0 amide bonds. The van der Waals surface area contributed by atoms with Gasteiger partial charge in [0, 0.05) is 7.05 Å². The lowest BCUT2D eigenvalue weighted by Crippen LogP contribution is -2.08. The van der Waals surface area contributed by atoms with Crippen molar-refractivity contribution < 1.29 is 4.74 Å². The molecule has 0 aromatic carbocycles. The van der Waals surface area contributed by atoms with E-state index in [1.54, 1.807) is 7.05 Å². The van der Waals surface area contributed by atoms with Crippen molar-refractivity contribution in [1.82, 2.24) is 5.32 Å². The molecule has 0 heterocycles. The maximum Gasteiger partial charge on any atom is 0.178 e. The number of nitrogens with one attached hydrogen (secondary N) is 1. The van der Waals surface area contributed by atoms with Crippen LogP contribution in [-0.2, 0) is 4.74 Å². The highest BCUT2D eigenvalue weighted by Crippen LogP contribution is 1.94. The lowest BCUT2D eigenvalue weighted by Gasteiger charge is -2.05. The summed E-state index contributed by atoms with van der Waals surface area (Å²) in [5, 5.41) is 2.81. The molecule has 0 rings (SSSR count). The highest BCUT2D eigenvalue weighted by molar-refractivity contribution is 5.10. The van der Waals surface area contributed by atoms with Crippen LogP contribution in [0.2, 0.25) is 0 Å². The number of ether oxygens (including phenoxy) is 1. The summed E-state index contributed by atoms with van der Waals surface area (Å²) in [6.07, 6.45) is 4.89. The number of rotatable bonds is 6. The molecule has 0 radical (unpaired) electrons. The van der Waals surface area contributed by atoms with Crippen LogP contribution in [0.1, 0.15) is 13.3 Å². The highest BCUT2D eigenvalue weighted by Gasteiger charge is 1.86. The second-order valence-corrected chi connectivity index (χ2v) is 2.56. The monoisotopic (exact) mass is 167 g/mol. The Hall–Kier alpha value is -1.18. The molecule has 2 nitrogen and oxygen atoms in total. The van der Waals surface area contributed by atoms with Crippen molar-refractivity contribution in [3.63, 3.8) is 0 Å². The van der Waals surface area contributed by atoms with Crippen molar-refractivity contribution in [2.45, 2.75) is 13.3 Å². The van der Waals surface area contributed by atoms with E-state index in [9.17, 15) is 0 Å². The van der Waals surface area contributed by atoms with Gasteiger partial charge in [-0.2, -0.15) is 0 Å². The molecular formula is C10H17NO. The fourth-order valence-corrected chi connectivity index (χ4v) is 0.607. The topological polar surface area (TPSA) is 21.3 Å². The van der Waals surface area contributed by atoms with Crippen LogP contribution in [0, 0.1) is 0 Å². The van der Waals surface area contributed by atoms with E-state index in [-0.39, 0.29) is 0 Å². The minimum Gasteiger partial charge on any atom is -0.479 e. The Morgan fingerprint density at radius 1 is 1.50 bits per heavy atom. The fraction of sp³-hybridized carbons (Fsp3) is 0.400. The number of hydrogen-bond acceptors (Lipinski definition) is 2. The molecule has 0 atom stereocenters. The Balaban J connectivity index is 3.33. The minimum atomic E-state index is 0.610. The summed E-state index contributed by atoms with van der Waals surface area (Å²) in [7, 11) is 1.78. The van der Waals surface area contributed by atoms with Crippen LogP contribution in [0.4, 0.5) is 0 Å². The predicted molar refractivity (Wildman–Crippen MR) is 52.7 cm³/mol. The van der Waals surface area contributed by atoms with Gasteiger partial charge in [0.1, 0.15) is 0 Å². The van der Waals surface area contributed by atoms with Crippen molar-refractivity contribution in [3.05, 3.63) is 36.8 Å². The molecule has 68 valence electrons. The van der Waals surface area contributed by atoms with E-state index in [2.05, 4.69) is 18.5 Å². The Kier molecular flexibility index (Phi) is 5.88. The van der Waals surface area contributed by atoms with Crippen LogP contribution >= 0.6 is 0 Å². The van der Waals surface area contributed by atoms with Crippen molar-refractivity contribution in [1.29, 1.82) is 0 Å². The molecule has 0 saturated carbocycles. The van der Waals surface area contributed by atoms with Gasteiger partial charge in [0.05, 0.1) is 6.61 Å². The molecule has 2 heteroatoms. The summed E-state index contributed by atoms with van der Waals surface area (Å²) in [6.45, 7) is 10.00. The van der Waals surface area contributed by atoms with E-state index in [0.29, 0.717) is 12.5 Å². The van der Waals surface area contributed by atoms with E-state index in [4.69, 9.17) is 4.74 Å². The lowest BCUT2D eigenvalue weighted by atomic mass is 10.3. The first-order valence-corrected chi connectivity index (χ1v) is 3.98. The smallest absolute Gasteiger partial charge is 0.178 e. The van der Waals surface area contributed by atoms with Crippen molar-refractivity contribution >= 4 is 0 Å². The van der Waals surface area contributed by atoms with Gasteiger partial charge >= 0.3 is 0 Å². The molecular weight excluding hydrogens is 150 g/mol. The first-order chi connectivity index (χ1) is 5.66. The Bertz CT molecular complexity index is 182. The second-order valence-electron chi connectivity index (χ2n) is 2.56. The summed E-state index contributed by atoms with van der Waals surface area (Å²) in [5.74, 6) is 0.610. The second kappa shape index (κ2) is 6.53. The molecule has 0 aliphatic heterocycles. The highest BCUT2D eigenvalue weighted by atomic mass is 16.5. The summed E-state index contributed by atoms with van der Waals surface area (Å²) in [4.78, 5) is 0. The van der Waals surface area contributed by atoms with Gasteiger partial charge in [-0.15, -0.1) is 0 Å². The zero-order valence-electron chi connectivity index (χ0n) is 7.89. The van der Waals surface area contributed by atoms with Gasteiger partial charge in [-0.05, 0) is 19.9 Å². The number of hydrogen-bond donors (Lipinski definition) is 1. The van der Waals surface area contributed by atoms with Gasteiger partial charge in [-0.3, -0.25) is 0 Å². The van der Waals surface area contributed by atoms with Gasteiger partial charge < -0.3 is 10.1 Å². The Labute approximate surface area is 74.6 Å². The van der Waals surface area contributed by atoms with E-state index in [1.807, 2.05) is 19.1 Å². The van der Waals surface area contributed by atoms with Crippen LogP contribution < -0.4 is 5.32 Å². The normalized spacial score (nSPS) is 9.83. The molecule has 0 saturated heterocycles. The molecule has 0 unspecified atom stereocenters. The van der Waals surface area contributed by atoms with Gasteiger partial charge in [0.2, 0.25) is 0 Å². The average Bonchev–Trinajstić information content (AvgIpc) is 2.03. The molecule has 0 spiro atoms. The van der Waals surface area contributed by atoms with Gasteiger partial charge in [0.25, 0.3) is 0 Å². The maximum atomic E-state index is 5.19. The SMILES string of the molecule is C=C(C)/C=C\CCOC(=C)NC. The average molecular weight is 167 g/mol. The Morgan fingerprint density at radius 2 is 2.17 bits per heavy atom. The van der Waals surface area contributed by atoms with Gasteiger partial charge in [0.15, 0.2) is 5.88 Å². The quantitative estimate of drug-likeness (QED) is 0.372. The van der Waals surface area contributed by atoms with E-state index < -0.39 is 0 Å². The fourth-order valence-electron chi connectivity index (χ4n) is 0.607. The van der Waals surface area contributed by atoms with Crippen LogP contribution in [-0.4, -0.2) is 13.7 Å². The first-order valence-electron chi connectivity index (χ1n) is 3.98. The summed E-state index contributed by atoms with van der Waals surface area (Å²) in [6, 6.07) is 0. The Morgan fingerprint density at radius 3 is 2.67 bits per heavy atom. The molecule has 0 aromatic heterocycles. The maximum absolute atomic E-state index is 5.19. The standard InChI is InChI=1S/C10H17NO/c1-9(2)7-5-6-8-12-10(3)11-4/h5,7,11H,1,3,6,8H2,2,4H3/b7-5-. The predicted octanol–water partition coefficient (Wildman–Crippen LogP) is 2.22. The number of allylic oxidation sites excluding steroid dienone is 2. The van der Waals surface area contributed by atoms with Crippen LogP contribution in [0.15, 0.2) is 36.8 Å². The first kappa shape index (κ1) is 10.8. The van der Waals surface area contributed by atoms with Crippen molar-refractivity contribution in [2.75, 3.05) is 13.7 Å². The molecule has 12 heavy (non-hydrogen) atoms. The summed E-state index contributed by atoms with van der Waals surface area (Å²) in [5.41, 5.74) is 1.06. The lowest BCUT2D eigenvalue weighted by molar-refractivity contribution is 0.202. The van der Waals surface area contributed by atoms with Gasteiger partial charge in [-0.25, -0.2) is 0 Å². The van der Waals surface area contributed by atoms with E-state index in [0.717, 1.165) is 12.0 Å². The van der Waals surface area contributed by atoms with Crippen molar-refractivity contribution in [2.24, 2.45) is 0 Å². The molecule has 0 fully saturated rings. The third-order valence-corrected chi connectivity index (χ3v) is 1.24. The van der Waals surface area contributed by atoms with Crippen LogP contribution in [0.25, 0.3) is 0 Å². The summed E-state index contributed by atoms with van der Waals surface area (Å²) >= 11 is 0. The minimum absolute atomic E-state index is 0.610. The zero-order valence-corrected chi connectivity index (χ0v) is 7.89. The largest absolute Gasteiger partial charge is 0.479 e.